The maximum Gasteiger partial charge on any atom is 0.330 e. The molecule has 0 bridgehead atoms. The molecule has 1 aromatic heterocycles. The van der Waals surface area contributed by atoms with Gasteiger partial charge in [-0.1, -0.05) is 36.4 Å². The van der Waals surface area contributed by atoms with Crippen molar-refractivity contribution in [1.29, 1.82) is 0 Å². The van der Waals surface area contributed by atoms with Crippen molar-refractivity contribution in [2.75, 3.05) is 6.61 Å². The fourth-order valence-electron chi connectivity index (χ4n) is 3.54. The highest BCUT2D eigenvalue weighted by Crippen LogP contribution is 2.39. The summed E-state index contributed by atoms with van der Waals surface area (Å²) in [6, 6.07) is 14.4. The summed E-state index contributed by atoms with van der Waals surface area (Å²) in [5.41, 5.74) is -3.15. The summed E-state index contributed by atoms with van der Waals surface area (Å²) < 4.78 is 18.2. The van der Waals surface area contributed by atoms with Crippen LogP contribution < -0.4 is 15.8 Å². The Balaban J connectivity index is 1.45. The molecule has 4 rings (SSSR count). The van der Waals surface area contributed by atoms with Gasteiger partial charge < -0.3 is 24.0 Å². The number of aromatic amines is 1. The van der Waals surface area contributed by atoms with Gasteiger partial charge >= 0.3 is 5.69 Å². The molecule has 1 saturated heterocycles. The van der Waals surface area contributed by atoms with Gasteiger partial charge in [0.15, 0.2) is 6.23 Å². The molecule has 0 amide bonds. The van der Waals surface area contributed by atoms with Crippen LogP contribution in [0.2, 0.25) is 0 Å². The normalized spacial score (nSPS) is 26.7. The first kappa shape index (κ1) is 21.9. The van der Waals surface area contributed by atoms with Crippen molar-refractivity contribution in [3.05, 3.63) is 75.6 Å². The monoisotopic (exact) mass is 464 g/mol. The van der Waals surface area contributed by atoms with E-state index in [1.807, 2.05) is 36.4 Å². The van der Waals surface area contributed by atoms with Crippen LogP contribution in [0.15, 0.2) is 64.3 Å². The van der Waals surface area contributed by atoms with E-state index in [1.54, 1.807) is 6.07 Å². The molecule has 1 aliphatic heterocycles. The molecule has 0 aliphatic carbocycles. The second-order valence-corrected chi connectivity index (χ2v) is 9.35. The minimum atomic E-state index is -2.18. The van der Waals surface area contributed by atoms with Gasteiger partial charge in [-0.25, -0.2) is 4.79 Å². The largest absolute Gasteiger partial charge is 0.445 e. The Morgan fingerprint density at radius 1 is 1.23 bits per heavy atom. The minimum Gasteiger partial charge on any atom is -0.445 e. The first-order valence-electron chi connectivity index (χ1n) is 9.47. The summed E-state index contributed by atoms with van der Waals surface area (Å²) in [5, 5.41) is 23.2. The standard InChI is InChI=1S/C20H21N2O7PS/c1-20(26)17(24)15(28-18(20)22-10-9-16(23)21-19(22)25)11-27-30(31)29-14-8-4-6-12-5-2-3-7-13(12)14/h2-10,15,17-18,24,26,30H,11H2,1H3,(H,21,23,25)/t15-,17-,18-,20-/m1/s1. The average Bonchev–Trinajstić information content (AvgIpc) is 2.96. The number of aliphatic hydroxyl groups excluding tert-OH is 1. The Bertz CT molecular complexity index is 1240. The van der Waals surface area contributed by atoms with Gasteiger partial charge in [-0.2, -0.15) is 0 Å². The highest BCUT2D eigenvalue weighted by molar-refractivity contribution is 8.00. The van der Waals surface area contributed by atoms with Crippen LogP contribution in [-0.2, 0) is 21.1 Å². The predicted molar refractivity (Wildman–Crippen MR) is 118 cm³/mol. The number of nitrogens with one attached hydrogen (secondary N) is 1. The van der Waals surface area contributed by atoms with Gasteiger partial charge in [0.05, 0.1) is 6.61 Å². The fourth-order valence-corrected chi connectivity index (χ4v) is 4.73. The fraction of sp³-hybridized carbons (Fsp3) is 0.300. The van der Waals surface area contributed by atoms with Gasteiger partial charge in [0, 0.05) is 17.6 Å². The number of fused-ring (bicyclic) bond motifs is 1. The number of H-pyrrole nitrogens is 1. The Kier molecular flexibility index (Phi) is 6.11. The summed E-state index contributed by atoms with van der Waals surface area (Å²) in [6.45, 7) is 1.19. The number of hydrogen-bond acceptors (Lipinski definition) is 8. The van der Waals surface area contributed by atoms with E-state index in [0.717, 1.165) is 21.4 Å². The zero-order chi connectivity index (χ0) is 22.2. The molecule has 9 nitrogen and oxygen atoms in total. The molecule has 1 unspecified atom stereocenters. The third kappa shape index (κ3) is 4.36. The highest BCUT2D eigenvalue weighted by atomic mass is 32.4. The molecule has 31 heavy (non-hydrogen) atoms. The molecule has 5 atom stereocenters. The summed E-state index contributed by atoms with van der Waals surface area (Å²) in [4.78, 5) is 25.5. The average molecular weight is 464 g/mol. The van der Waals surface area contributed by atoms with E-state index >= 15 is 0 Å². The summed E-state index contributed by atoms with van der Waals surface area (Å²) in [5.74, 6) is 0.597. The van der Waals surface area contributed by atoms with E-state index < -0.39 is 42.4 Å². The SMILES string of the molecule is C[C@@]1(O)[C@H](O)[C@@H](CO[PH](=S)Oc2cccc3ccccc23)O[C@H]1n1ccc(=O)[nH]c1=O. The molecule has 164 valence electrons. The van der Waals surface area contributed by atoms with E-state index in [-0.39, 0.29) is 6.61 Å². The molecule has 2 heterocycles. The smallest absolute Gasteiger partial charge is 0.330 e. The van der Waals surface area contributed by atoms with Crippen LogP contribution in [0.5, 0.6) is 5.75 Å². The summed E-state index contributed by atoms with van der Waals surface area (Å²) >= 11 is 5.33. The van der Waals surface area contributed by atoms with Crippen molar-refractivity contribution in [1.82, 2.24) is 9.55 Å². The molecule has 1 aliphatic rings. The zero-order valence-corrected chi connectivity index (χ0v) is 18.2. The number of hydrogen-bond donors (Lipinski definition) is 3. The quantitative estimate of drug-likeness (QED) is 0.467. The van der Waals surface area contributed by atoms with Crippen molar-refractivity contribution in [3.63, 3.8) is 0 Å². The third-order valence-corrected chi connectivity index (χ3v) is 6.56. The molecule has 3 aromatic rings. The third-order valence-electron chi connectivity index (χ3n) is 5.17. The topological polar surface area (TPSA) is 123 Å². The van der Waals surface area contributed by atoms with Crippen LogP contribution in [-0.4, -0.2) is 44.2 Å². The summed E-state index contributed by atoms with van der Waals surface area (Å²) in [6.07, 6.45) is -2.35. The molecule has 0 saturated carbocycles. The molecule has 2 aromatic carbocycles. The molecule has 1 fully saturated rings. The minimum absolute atomic E-state index is 0.144. The Morgan fingerprint density at radius 3 is 2.74 bits per heavy atom. The maximum absolute atomic E-state index is 12.1. The van der Waals surface area contributed by atoms with Gasteiger partial charge in [0.2, 0.25) is 7.15 Å². The molecule has 3 N–H and O–H groups in total. The van der Waals surface area contributed by atoms with Crippen LogP contribution in [0.25, 0.3) is 10.8 Å². The van der Waals surface area contributed by atoms with Gasteiger partial charge in [0.25, 0.3) is 5.56 Å². The first-order valence-corrected chi connectivity index (χ1v) is 11.9. The van der Waals surface area contributed by atoms with E-state index in [0.29, 0.717) is 5.75 Å². The second kappa shape index (κ2) is 8.66. The highest BCUT2D eigenvalue weighted by Gasteiger charge is 2.53. The van der Waals surface area contributed by atoms with Gasteiger partial charge in [0.1, 0.15) is 23.6 Å². The van der Waals surface area contributed by atoms with Gasteiger partial charge in [-0.15, -0.1) is 0 Å². The molecule has 11 heteroatoms. The Labute approximate surface area is 182 Å². The lowest BCUT2D eigenvalue weighted by Gasteiger charge is -2.27. The van der Waals surface area contributed by atoms with Crippen LogP contribution in [0, 0.1) is 0 Å². The predicted octanol–water partition coefficient (Wildman–Crippen LogP) is 1.30. The lowest BCUT2D eigenvalue weighted by Crippen LogP contribution is -2.46. The maximum atomic E-state index is 12.1. The Hall–Kier alpha value is -2.33. The van der Waals surface area contributed by atoms with Crippen molar-refractivity contribution in [2.24, 2.45) is 0 Å². The summed E-state index contributed by atoms with van der Waals surface area (Å²) in [7, 11) is -2.18. The number of aromatic nitrogens is 2. The van der Waals surface area contributed by atoms with E-state index in [1.165, 1.54) is 13.1 Å². The van der Waals surface area contributed by atoms with Crippen LogP contribution in [0.3, 0.4) is 0 Å². The second-order valence-electron chi connectivity index (χ2n) is 7.36. The van der Waals surface area contributed by atoms with Gasteiger partial charge in [-0.05, 0) is 30.2 Å². The number of ether oxygens (including phenoxy) is 1. The van der Waals surface area contributed by atoms with E-state index in [4.69, 9.17) is 25.6 Å². The molecular formula is C20H21N2O7PS. The zero-order valence-electron chi connectivity index (χ0n) is 16.4. The molecular weight excluding hydrogens is 443 g/mol. The van der Waals surface area contributed by atoms with Crippen molar-refractivity contribution in [3.8, 4) is 5.75 Å². The Morgan fingerprint density at radius 2 is 1.97 bits per heavy atom. The number of benzene rings is 2. The van der Waals surface area contributed by atoms with Crippen LogP contribution in [0.4, 0.5) is 0 Å². The van der Waals surface area contributed by atoms with Crippen molar-refractivity contribution < 1.29 is 24.0 Å². The van der Waals surface area contributed by atoms with Crippen LogP contribution >= 0.6 is 7.15 Å². The van der Waals surface area contributed by atoms with E-state index in [2.05, 4.69) is 4.98 Å². The lowest BCUT2D eigenvalue weighted by atomic mass is 9.96. The number of nitrogens with zero attached hydrogens (tertiary/aromatic N) is 1. The number of rotatable bonds is 6. The van der Waals surface area contributed by atoms with Crippen molar-refractivity contribution in [2.45, 2.75) is 31.0 Å². The first-order chi connectivity index (χ1) is 14.8. The van der Waals surface area contributed by atoms with Gasteiger partial charge in [-0.3, -0.25) is 14.3 Å². The van der Waals surface area contributed by atoms with Crippen molar-refractivity contribution >= 4 is 29.7 Å². The van der Waals surface area contributed by atoms with Crippen LogP contribution in [0.1, 0.15) is 13.2 Å². The number of aliphatic hydroxyl groups is 2. The lowest BCUT2D eigenvalue weighted by molar-refractivity contribution is -0.0983. The molecule has 0 spiro atoms. The molecule has 0 radical (unpaired) electrons. The van der Waals surface area contributed by atoms with E-state index in [9.17, 15) is 19.8 Å².